The fraction of sp³-hybridized carbons (Fsp3) is 0.538. The van der Waals surface area contributed by atoms with Crippen LogP contribution in [0, 0.1) is 0 Å². The van der Waals surface area contributed by atoms with Gasteiger partial charge < -0.3 is 11.5 Å². The third-order valence-corrected chi connectivity index (χ3v) is 3.47. The summed E-state index contributed by atoms with van der Waals surface area (Å²) in [5.41, 5.74) is 12.9. The molecule has 4 N–H and O–H groups in total. The number of nitrogens with two attached hydrogens (primary N) is 2. The van der Waals surface area contributed by atoms with Gasteiger partial charge in [-0.3, -0.25) is 0 Å². The van der Waals surface area contributed by atoms with Crippen molar-refractivity contribution in [3.8, 4) is 0 Å². The third kappa shape index (κ3) is 4.84. The van der Waals surface area contributed by atoms with Crippen LogP contribution in [0.15, 0.2) is 18.2 Å². The summed E-state index contributed by atoms with van der Waals surface area (Å²) in [6.45, 7) is 4.01. The second-order valence-corrected chi connectivity index (χ2v) is 5.61. The molecule has 0 radical (unpaired) electrons. The first-order valence-corrected chi connectivity index (χ1v) is 6.61. The number of benzene rings is 1. The normalized spacial score (nSPS) is 16.6. The maximum Gasteiger partial charge on any atom is 0.0595 e. The minimum atomic E-state index is 0.146. The average molecular weight is 275 g/mol. The number of hydrogen-bond donors (Lipinski definition) is 2. The van der Waals surface area contributed by atoms with Gasteiger partial charge in [0.25, 0.3) is 0 Å². The van der Waals surface area contributed by atoms with Crippen LogP contribution < -0.4 is 11.5 Å². The summed E-state index contributed by atoms with van der Waals surface area (Å²) < 4.78 is 0. The quantitative estimate of drug-likeness (QED) is 0.863. The van der Waals surface area contributed by atoms with Crippen molar-refractivity contribution in [2.45, 2.75) is 44.7 Å². The number of hydrogen-bond acceptors (Lipinski definition) is 2. The molecule has 2 atom stereocenters. The minimum absolute atomic E-state index is 0.146. The molecule has 0 fully saturated rings. The largest absolute Gasteiger partial charge is 0.328 e. The van der Waals surface area contributed by atoms with Crippen molar-refractivity contribution >= 4 is 23.2 Å². The van der Waals surface area contributed by atoms with E-state index in [0.29, 0.717) is 16.0 Å². The zero-order valence-corrected chi connectivity index (χ0v) is 11.8. The van der Waals surface area contributed by atoms with Gasteiger partial charge in [0, 0.05) is 12.1 Å². The van der Waals surface area contributed by atoms with Gasteiger partial charge in [0.2, 0.25) is 0 Å². The molecule has 1 rings (SSSR count). The zero-order valence-electron chi connectivity index (χ0n) is 10.3. The van der Waals surface area contributed by atoms with Crippen molar-refractivity contribution in [3.63, 3.8) is 0 Å². The topological polar surface area (TPSA) is 52.0 Å². The molecule has 1 aromatic carbocycles. The minimum Gasteiger partial charge on any atom is -0.328 e. The lowest BCUT2D eigenvalue weighted by Crippen LogP contribution is -2.24. The van der Waals surface area contributed by atoms with E-state index >= 15 is 0 Å². The molecule has 0 aromatic heterocycles. The Kier molecular flexibility index (Phi) is 5.74. The molecule has 0 amide bonds. The van der Waals surface area contributed by atoms with E-state index in [2.05, 4.69) is 0 Å². The van der Waals surface area contributed by atoms with Crippen molar-refractivity contribution in [1.82, 2.24) is 0 Å². The van der Waals surface area contributed by atoms with E-state index in [4.69, 9.17) is 34.7 Å². The molecule has 17 heavy (non-hydrogen) atoms. The summed E-state index contributed by atoms with van der Waals surface area (Å²) in [6, 6.07) is 6.04. The Morgan fingerprint density at radius 3 is 1.94 bits per heavy atom. The van der Waals surface area contributed by atoms with E-state index in [1.165, 1.54) is 0 Å². The van der Waals surface area contributed by atoms with Crippen LogP contribution in [0.2, 0.25) is 10.0 Å². The standard InChI is InChI=1S/C13H20Cl2N2/c1-8(16)5-11(6-9(2)17)10-3-4-12(14)13(15)7-10/h3-4,7-9,11H,5-6,16-17H2,1-2H3. The molecule has 0 spiro atoms. The molecule has 1 aromatic rings. The first-order valence-electron chi connectivity index (χ1n) is 5.86. The van der Waals surface area contributed by atoms with Crippen molar-refractivity contribution in [2.75, 3.05) is 0 Å². The lowest BCUT2D eigenvalue weighted by atomic mass is 9.88. The van der Waals surface area contributed by atoms with Crippen LogP contribution in [-0.4, -0.2) is 12.1 Å². The van der Waals surface area contributed by atoms with Crippen LogP contribution >= 0.6 is 23.2 Å². The summed E-state index contributed by atoms with van der Waals surface area (Å²) in [6.07, 6.45) is 1.80. The summed E-state index contributed by atoms with van der Waals surface area (Å²) >= 11 is 12.0. The average Bonchev–Trinajstić information content (AvgIpc) is 2.19. The van der Waals surface area contributed by atoms with Gasteiger partial charge in [0.1, 0.15) is 0 Å². The van der Waals surface area contributed by atoms with Crippen LogP contribution in [0.4, 0.5) is 0 Å². The molecule has 0 aliphatic carbocycles. The van der Waals surface area contributed by atoms with Gasteiger partial charge in [0.05, 0.1) is 10.0 Å². The van der Waals surface area contributed by atoms with Crippen molar-refractivity contribution in [3.05, 3.63) is 33.8 Å². The molecule has 2 unspecified atom stereocenters. The fourth-order valence-corrected chi connectivity index (χ4v) is 2.34. The van der Waals surface area contributed by atoms with Crippen LogP contribution in [0.25, 0.3) is 0 Å². The smallest absolute Gasteiger partial charge is 0.0595 e. The molecule has 0 saturated heterocycles. The molecule has 0 heterocycles. The van der Waals surface area contributed by atoms with Gasteiger partial charge >= 0.3 is 0 Å². The predicted octanol–water partition coefficient (Wildman–Crippen LogP) is 3.55. The van der Waals surface area contributed by atoms with Crippen molar-refractivity contribution in [2.24, 2.45) is 11.5 Å². The molecule has 0 saturated carbocycles. The van der Waals surface area contributed by atoms with Gasteiger partial charge in [-0.15, -0.1) is 0 Å². The van der Waals surface area contributed by atoms with Gasteiger partial charge in [-0.1, -0.05) is 29.3 Å². The summed E-state index contributed by atoms with van der Waals surface area (Å²) in [7, 11) is 0. The highest BCUT2D eigenvalue weighted by Crippen LogP contribution is 2.31. The van der Waals surface area contributed by atoms with E-state index in [-0.39, 0.29) is 12.1 Å². The Bertz CT molecular complexity index is 354. The first kappa shape index (κ1) is 14.8. The van der Waals surface area contributed by atoms with E-state index in [1.54, 1.807) is 0 Å². The van der Waals surface area contributed by atoms with Gasteiger partial charge in [-0.2, -0.15) is 0 Å². The molecule has 96 valence electrons. The SMILES string of the molecule is CC(N)CC(CC(C)N)c1ccc(Cl)c(Cl)c1. The monoisotopic (exact) mass is 274 g/mol. The molecule has 4 heteroatoms. The molecular formula is C13H20Cl2N2. The zero-order chi connectivity index (χ0) is 13.0. The predicted molar refractivity (Wildman–Crippen MR) is 75.7 cm³/mol. The highest BCUT2D eigenvalue weighted by Gasteiger charge is 2.16. The van der Waals surface area contributed by atoms with E-state index in [0.717, 1.165) is 18.4 Å². The van der Waals surface area contributed by atoms with Crippen LogP contribution in [0.1, 0.15) is 38.2 Å². The Morgan fingerprint density at radius 1 is 1.00 bits per heavy atom. The fourth-order valence-electron chi connectivity index (χ4n) is 2.03. The Balaban J connectivity index is 2.91. The molecule has 0 bridgehead atoms. The molecular weight excluding hydrogens is 255 g/mol. The molecule has 0 aliphatic rings. The van der Waals surface area contributed by atoms with Crippen molar-refractivity contribution < 1.29 is 0 Å². The summed E-state index contributed by atoms with van der Waals surface area (Å²) in [4.78, 5) is 0. The Morgan fingerprint density at radius 2 is 1.53 bits per heavy atom. The summed E-state index contributed by atoms with van der Waals surface area (Å²) in [5.74, 6) is 0.338. The van der Waals surface area contributed by atoms with E-state index in [1.807, 2.05) is 32.0 Å². The highest BCUT2D eigenvalue weighted by molar-refractivity contribution is 6.42. The van der Waals surface area contributed by atoms with Crippen LogP contribution in [0.3, 0.4) is 0 Å². The Hall–Kier alpha value is -0.280. The van der Waals surface area contributed by atoms with Gasteiger partial charge in [-0.05, 0) is 50.3 Å². The lowest BCUT2D eigenvalue weighted by molar-refractivity contribution is 0.486. The van der Waals surface area contributed by atoms with Crippen molar-refractivity contribution in [1.29, 1.82) is 0 Å². The first-order chi connectivity index (χ1) is 7.90. The number of rotatable bonds is 5. The lowest BCUT2D eigenvalue weighted by Gasteiger charge is -2.21. The van der Waals surface area contributed by atoms with E-state index < -0.39 is 0 Å². The van der Waals surface area contributed by atoms with Gasteiger partial charge in [0.15, 0.2) is 0 Å². The maximum atomic E-state index is 6.04. The highest BCUT2D eigenvalue weighted by atomic mass is 35.5. The third-order valence-electron chi connectivity index (χ3n) is 2.73. The van der Waals surface area contributed by atoms with Crippen LogP contribution in [-0.2, 0) is 0 Å². The van der Waals surface area contributed by atoms with Gasteiger partial charge in [-0.25, -0.2) is 0 Å². The second-order valence-electron chi connectivity index (χ2n) is 4.80. The number of halogens is 2. The second kappa shape index (κ2) is 6.60. The Labute approximate surface area is 113 Å². The van der Waals surface area contributed by atoms with Crippen LogP contribution in [0.5, 0.6) is 0 Å². The molecule has 2 nitrogen and oxygen atoms in total. The maximum absolute atomic E-state index is 6.04. The van der Waals surface area contributed by atoms with E-state index in [9.17, 15) is 0 Å². The molecule has 0 aliphatic heterocycles. The summed E-state index contributed by atoms with van der Waals surface area (Å²) in [5, 5.41) is 1.17.